The van der Waals surface area contributed by atoms with Gasteiger partial charge in [-0.1, -0.05) is 30.6 Å². The van der Waals surface area contributed by atoms with E-state index in [0.29, 0.717) is 43.0 Å². The molecule has 9 heteroatoms. The molecule has 1 aromatic heterocycles. The number of benzene rings is 1. The van der Waals surface area contributed by atoms with Gasteiger partial charge in [-0.05, 0) is 24.3 Å². The Hall–Kier alpha value is -1.64. The molecule has 0 unspecified atom stereocenters. The summed E-state index contributed by atoms with van der Waals surface area (Å²) < 4.78 is 32.0. The molecule has 2 aromatic rings. The number of hydrogen-bond donors (Lipinski definition) is 0. The number of sulfonamides is 1. The van der Waals surface area contributed by atoms with Crippen molar-refractivity contribution < 1.29 is 12.9 Å². The summed E-state index contributed by atoms with van der Waals surface area (Å²) >= 11 is 5.82. The number of halogens is 1. The van der Waals surface area contributed by atoms with Gasteiger partial charge in [-0.2, -0.15) is 9.29 Å². The van der Waals surface area contributed by atoms with Crippen LogP contribution in [-0.2, 0) is 10.0 Å². The van der Waals surface area contributed by atoms with E-state index in [1.807, 2.05) is 18.7 Å². The molecule has 0 atom stereocenters. The molecule has 1 aliphatic rings. The Balaban J connectivity index is 1.68. The number of hydrogen-bond acceptors (Lipinski definition) is 6. The van der Waals surface area contributed by atoms with Crippen LogP contribution < -0.4 is 4.90 Å². The van der Waals surface area contributed by atoms with Crippen LogP contribution >= 0.6 is 11.6 Å². The summed E-state index contributed by atoms with van der Waals surface area (Å²) in [6.45, 7) is 5.73. The molecule has 0 bridgehead atoms. The predicted octanol–water partition coefficient (Wildman–Crippen LogP) is 2.36. The second-order valence-corrected chi connectivity index (χ2v) is 8.31. The zero-order chi connectivity index (χ0) is 17.3. The van der Waals surface area contributed by atoms with Gasteiger partial charge in [0.05, 0.1) is 4.90 Å². The maximum atomic E-state index is 12.6. The molecule has 1 aromatic carbocycles. The van der Waals surface area contributed by atoms with E-state index in [4.69, 9.17) is 16.1 Å². The lowest BCUT2D eigenvalue weighted by molar-refractivity contribution is 0.353. The minimum absolute atomic E-state index is 0.189. The van der Waals surface area contributed by atoms with Gasteiger partial charge in [0, 0.05) is 37.1 Å². The van der Waals surface area contributed by atoms with Crippen molar-refractivity contribution in [2.45, 2.75) is 24.7 Å². The SMILES string of the molecule is CC(C)c1noc(N2CCN(S(=O)(=O)c3ccc(Cl)cc3)CC2)n1. The third-order valence-electron chi connectivity index (χ3n) is 3.91. The third-order valence-corrected chi connectivity index (χ3v) is 6.07. The van der Waals surface area contributed by atoms with Gasteiger partial charge in [0.2, 0.25) is 10.0 Å². The highest BCUT2D eigenvalue weighted by Crippen LogP contribution is 2.22. The standard InChI is InChI=1S/C15H19ClN4O3S/c1-11(2)14-17-15(23-18-14)19-7-9-20(10-8-19)24(21,22)13-5-3-12(16)4-6-13/h3-6,11H,7-10H2,1-2H3. The summed E-state index contributed by atoms with van der Waals surface area (Å²) in [6.07, 6.45) is 0. The molecule has 0 N–H and O–H groups in total. The number of aromatic nitrogens is 2. The van der Waals surface area contributed by atoms with Crippen LogP contribution in [0.25, 0.3) is 0 Å². The zero-order valence-electron chi connectivity index (χ0n) is 13.5. The van der Waals surface area contributed by atoms with Crippen molar-refractivity contribution in [3.8, 4) is 0 Å². The molecular formula is C15H19ClN4O3S. The first-order chi connectivity index (χ1) is 11.4. The van der Waals surface area contributed by atoms with Gasteiger partial charge in [0.25, 0.3) is 0 Å². The van der Waals surface area contributed by atoms with Crippen molar-refractivity contribution >= 4 is 27.6 Å². The molecule has 3 rings (SSSR count). The fourth-order valence-electron chi connectivity index (χ4n) is 2.46. The molecule has 0 aliphatic carbocycles. The third kappa shape index (κ3) is 3.40. The van der Waals surface area contributed by atoms with E-state index in [0.717, 1.165) is 0 Å². The minimum atomic E-state index is -3.51. The van der Waals surface area contributed by atoms with Crippen LogP contribution in [0.3, 0.4) is 0 Å². The number of piperazine rings is 1. The van der Waals surface area contributed by atoms with Crippen molar-refractivity contribution in [2.24, 2.45) is 0 Å². The van der Waals surface area contributed by atoms with Crippen LogP contribution in [0.1, 0.15) is 25.6 Å². The largest absolute Gasteiger partial charge is 0.324 e. The van der Waals surface area contributed by atoms with Crippen LogP contribution in [-0.4, -0.2) is 49.0 Å². The normalized spacial score (nSPS) is 16.8. The van der Waals surface area contributed by atoms with Crippen molar-refractivity contribution in [2.75, 3.05) is 31.1 Å². The summed E-state index contributed by atoms with van der Waals surface area (Å²) in [5.41, 5.74) is 0. The Bertz CT molecular complexity index is 796. The van der Waals surface area contributed by atoms with Crippen molar-refractivity contribution in [3.63, 3.8) is 0 Å². The molecule has 0 saturated carbocycles. The van der Waals surface area contributed by atoms with Crippen molar-refractivity contribution in [1.82, 2.24) is 14.4 Å². The number of anilines is 1. The van der Waals surface area contributed by atoms with E-state index in [1.165, 1.54) is 16.4 Å². The Kier molecular flexibility index (Phi) is 4.80. The highest BCUT2D eigenvalue weighted by atomic mass is 35.5. The quantitative estimate of drug-likeness (QED) is 0.821. The first-order valence-electron chi connectivity index (χ1n) is 7.72. The van der Waals surface area contributed by atoms with E-state index in [-0.39, 0.29) is 10.8 Å². The monoisotopic (exact) mass is 370 g/mol. The van der Waals surface area contributed by atoms with E-state index in [2.05, 4.69) is 10.1 Å². The fourth-order valence-corrected chi connectivity index (χ4v) is 4.01. The summed E-state index contributed by atoms with van der Waals surface area (Å²) in [5, 5.41) is 4.45. The number of rotatable bonds is 4. The summed E-state index contributed by atoms with van der Waals surface area (Å²) in [6, 6.07) is 6.66. The lowest BCUT2D eigenvalue weighted by Crippen LogP contribution is -2.48. The Morgan fingerprint density at radius 2 is 1.75 bits per heavy atom. The Labute approximate surface area is 146 Å². The van der Waals surface area contributed by atoms with E-state index in [1.54, 1.807) is 12.1 Å². The molecule has 0 amide bonds. The van der Waals surface area contributed by atoms with Crippen LogP contribution in [0.5, 0.6) is 0 Å². The van der Waals surface area contributed by atoms with Gasteiger partial charge in [0.1, 0.15) is 0 Å². The molecule has 0 spiro atoms. The van der Waals surface area contributed by atoms with Gasteiger partial charge >= 0.3 is 6.01 Å². The molecule has 2 heterocycles. The minimum Gasteiger partial charge on any atom is -0.322 e. The molecule has 0 radical (unpaired) electrons. The summed E-state index contributed by atoms with van der Waals surface area (Å²) in [4.78, 5) is 6.51. The van der Waals surface area contributed by atoms with Gasteiger partial charge < -0.3 is 9.42 Å². The zero-order valence-corrected chi connectivity index (χ0v) is 15.1. The topological polar surface area (TPSA) is 79.5 Å². The van der Waals surface area contributed by atoms with Crippen LogP contribution in [0, 0.1) is 0 Å². The first kappa shape index (κ1) is 17.2. The van der Waals surface area contributed by atoms with Crippen LogP contribution in [0.15, 0.2) is 33.7 Å². The second kappa shape index (κ2) is 6.70. The average Bonchev–Trinajstić information content (AvgIpc) is 3.06. The second-order valence-electron chi connectivity index (χ2n) is 5.93. The molecule has 7 nitrogen and oxygen atoms in total. The van der Waals surface area contributed by atoms with E-state index >= 15 is 0 Å². The molecule has 1 aliphatic heterocycles. The summed E-state index contributed by atoms with van der Waals surface area (Å²) in [7, 11) is -3.51. The van der Waals surface area contributed by atoms with Gasteiger partial charge in [-0.15, -0.1) is 0 Å². The predicted molar refractivity (Wildman–Crippen MR) is 90.8 cm³/mol. The lowest BCUT2D eigenvalue weighted by atomic mass is 10.2. The summed E-state index contributed by atoms with van der Waals surface area (Å²) in [5.74, 6) is 0.843. The molecule has 24 heavy (non-hydrogen) atoms. The number of nitrogens with zero attached hydrogens (tertiary/aromatic N) is 4. The molecule has 130 valence electrons. The van der Waals surface area contributed by atoms with E-state index in [9.17, 15) is 8.42 Å². The van der Waals surface area contributed by atoms with Gasteiger partial charge in [0.15, 0.2) is 5.82 Å². The van der Waals surface area contributed by atoms with Gasteiger partial charge in [-0.25, -0.2) is 8.42 Å². The Morgan fingerprint density at radius 1 is 1.12 bits per heavy atom. The first-order valence-corrected chi connectivity index (χ1v) is 9.54. The van der Waals surface area contributed by atoms with Crippen LogP contribution in [0.2, 0.25) is 5.02 Å². The van der Waals surface area contributed by atoms with Crippen LogP contribution in [0.4, 0.5) is 6.01 Å². The highest BCUT2D eigenvalue weighted by molar-refractivity contribution is 7.89. The fraction of sp³-hybridized carbons (Fsp3) is 0.467. The smallest absolute Gasteiger partial charge is 0.322 e. The molecule has 1 saturated heterocycles. The van der Waals surface area contributed by atoms with Crippen molar-refractivity contribution in [1.29, 1.82) is 0 Å². The highest BCUT2D eigenvalue weighted by Gasteiger charge is 2.30. The maximum Gasteiger partial charge on any atom is 0.324 e. The Morgan fingerprint density at radius 3 is 2.29 bits per heavy atom. The lowest BCUT2D eigenvalue weighted by Gasteiger charge is -2.32. The average molecular weight is 371 g/mol. The van der Waals surface area contributed by atoms with Gasteiger partial charge in [-0.3, -0.25) is 0 Å². The molecular weight excluding hydrogens is 352 g/mol. The molecule has 1 fully saturated rings. The van der Waals surface area contributed by atoms with E-state index < -0.39 is 10.0 Å². The maximum absolute atomic E-state index is 12.6. The van der Waals surface area contributed by atoms with Crippen molar-refractivity contribution in [3.05, 3.63) is 35.1 Å².